The lowest BCUT2D eigenvalue weighted by molar-refractivity contribution is -0.130. The highest BCUT2D eigenvalue weighted by molar-refractivity contribution is 7.14. The lowest BCUT2D eigenvalue weighted by Crippen LogP contribution is -2.49. The highest BCUT2D eigenvalue weighted by Crippen LogP contribution is 2.18. The first-order valence-electron chi connectivity index (χ1n) is 9.77. The van der Waals surface area contributed by atoms with Crippen LogP contribution in [0.4, 0.5) is 15.6 Å². The van der Waals surface area contributed by atoms with Gasteiger partial charge < -0.3 is 15.1 Å². The standard InChI is InChI=1S/C21H23N5O2S2/c27-19(26-10-8-25(9-11-26)17-5-2-1-3-6-17)13-16-15-30-21(23-16)24-20(28)22-14-18-7-4-12-29-18/h1-7,12,15H,8-11,13-14H2,(H2,22,23,24,28). The number of thiazole rings is 1. The summed E-state index contributed by atoms with van der Waals surface area (Å²) in [7, 11) is 0. The molecule has 3 amide bonds. The van der Waals surface area contributed by atoms with Gasteiger partial charge in [-0.05, 0) is 23.6 Å². The van der Waals surface area contributed by atoms with Gasteiger partial charge in [0.2, 0.25) is 5.91 Å². The van der Waals surface area contributed by atoms with Crippen LogP contribution in [-0.2, 0) is 17.8 Å². The van der Waals surface area contributed by atoms with Crippen LogP contribution in [0.5, 0.6) is 0 Å². The van der Waals surface area contributed by atoms with E-state index in [4.69, 9.17) is 0 Å². The van der Waals surface area contributed by atoms with E-state index < -0.39 is 0 Å². The molecule has 0 radical (unpaired) electrons. The van der Waals surface area contributed by atoms with Crippen LogP contribution in [0.15, 0.2) is 53.2 Å². The molecule has 1 aliphatic heterocycles. The minimum Gasteiger partial charge on any atom is -0.368 e. The molecule has 1 saturated heterocycles. The van der Waals surface area contributed by atoms with E-state index in [1.807, 2.05) is 46.0 Å². The Balaban J connectivity index is 1.22. The molecule has 0 aliphatic carbocycles. The molecule has 7 nitrogen and oxygen atoms in total. The van der Waals surface area contributed by atoms with Gasteiger partial charge in [0, 0.05) is 42.1 Å². The van der Waals surface area contributed by atoms with E-state index >= 15 is 0 Å². The Bertz CT molecular complexity index is 966. The Morgan fingerprint density at radius 3 is 2.53 bits per heavy atom. The number of hydrogen-bond acceptors (Lipinski definition) is 6. The third-order valence-corrected chi connectivity index (χ3v) is 6.54. The van der Waals surface area contributed by atoms with Crippen molar-refractivity contribution in [2.24, 2.45) is 0 Å². The zero-order valence-electron chi connectivity index (χ0n) is 16.4. The van der Waals surface area contributed by atoms with Crippen molar-refractivity contribution in [1.29, 1.82) is 0 Å². The SMILES string of the molecule is O=C(NCc1cccs1)Nc1nc(CC(=O)N2CCN(c3ccccc3)CC2)cs1. The van der Waals surface area contributed by atoms with E-state index in [1.54, 1.807) is 11.3 Å². The quantitative estimate of drug-likeness (QED) is 0.615. The third-order valence-electron chi connectivity index (χ3n) is 4.86. The molecule has 1 fully saturated rings. The Hall–Kier alpha value is -2.91. The average molecular weight is 442 g/mol. The van der Waals surface area contributed by atoms with Crippen molar-refractivity contribution in [3.63, 3.8) is 0 Å². The Morgan fingerprint density at radius 2 is 1.80 bits per heavy atom. The zero-order valence-corrected chi connectivity index (χ0v) is 18.0. The molecule has 2 N–H and O–H groups in total. The van der Waals surface area contributed by atoms with Gasteiger partial charge in [0.25, 0.3) is 0 Å². The number of para-hydroxylation sites is 1. The molecule has 1 aliphatic rings. The van der Waals surface area contributed by atoms with Gasteiger partial charge in [-0.15, -0.1) is 22.7 Å². The van der Waals surface area contributed by atoms with Gasteiger partial charge in [-0.1, -0.05) is 24.3 Å². The summed E-state index contributed by atoms with van der Waals surface area (Å²) in [6.45, 7) is 3.53. The van der Waals surface area contributed by atoms with Crippen molar-refractivity contribution in [2.45, 2.75) is 13.0 Å². The summed E-state index contributed by atoms with van der Waals surface area (Å²) < 4.78 is 0. The number of thiophene rings is 1. The van der Waals surface area contributed by atoms with Crippen molar-refractivity contribution in [1.82, 2.24) is 15.2 Å². The highest BCUT2D eigenvalue weighted by atomic mass is 32.1. The van der Waals surface area contributed by atoms with Crippen LogP contribution in [0.25, 0.3) is 0 Å². The molecule has 1 aromatic carbocycles. The molecular weight excluding hydrogens is 418 g/mol. The zero-order chi connectivity index (χ0) is 20.8. The van der Waals surface area contributed by atoms with Gasteiger partial charge in [-0.2, -0.15) is 0 Å². The van der Waals surface area contributed by atoms with E-state index in [0.717, 1.165) is 18.0 Å². The Kier molecular flexibility index (Phi) is 6.60. The highest BCUT2D eigenvalue weighted by Gasteiger charge is 2.22. The molecule has 0 unspecified atom stereocenters. The van der Waals surface area contributed by atoms with E-state index in [1.165, 1.54) is 17.0 Å². The normalized spacial score (nSPS) is 13.9. The minimum absolute atomic E-state index is 0.0710. The number of anilines is 2. The second-order valence-electron chi connectivity index (χ2n) is 6.91. The van der Waals surface area contributed by atoms with E-state index in [9.17, 15) is 9.59 Å². The van der Waals surface area contributed by atoms with E-state index in [0.29, 0.717) is 30.5 Å². The van der Waals surface area contributed by atoms with Gasteiger partial charge in [-0.3, -0.25) is 10.1 Å². The Labute approximate surface area is 183 Å². The van der Waals surface area contributed by atoms with Gasteiger partial charge in [0.1, 0.15) is 0 Å². The lowest BCUT2D eigenvalue weighted by atomic mass is 10.2. The summed E-state index contributed by atoms with van der Waals surface area (Å²) in [6.07, 6.45) is 0.250. The number of urea groups is 1. The molecule has 9 heteroatoms. The van der Waals surface area contributed by atoms with Crippen LogP contribution in [0.2, 0.25) is 0 Å². The maximum absolute atomic E-state index is 12.6. The van der Waals surface area contributed by atoms with Crippen LogP contribution >= 0.6 is 22.7 Å². The van der Waals surface area contributed by atoms with Crippen LogP contribution in [0.3, 0.4) is 0 Å². The second kappa shape index (κ2) is 9.73. The van der Waals surface area contributed by atoms with E-state index in [2.05, 4.69) is 32.7 Å². The van der Waals surface area contributed by atoms with Gasteiger partial charge >= 0.3 is 6.03 Å². The van der Waals surface area contributed by atoms with E-state index in [-0.39, 0.29) is 18.4 Å². The fraction of sp³-hybridized carbons (Fsp3) is 0.286. The summed E-state index contributed by atoms with van der Waals surface area (Å²) in [5, 5.41) is 9.83. The molecule has 0 atom stereocenters. The van der Waals surface area contributed by atoms with Gasteiger partial charge in [0.15, 0.2) is 5.13 Å². The summed E-state index contributed by atoms with van der Waals surface area (Å²) in [6, 6.07) is 13.9. The fourth-order valence-corrected chi connectivity index (χ4v) is 4.64. The van der Waals surface area contributed by atoms with Crippen LogP contribution in [0, 0.1) is 0 Å². The fourth-order valence-electron chi connectivity index (χ4n) is 3.29. The molecule has 3 aromatic rings. The molecule has 4 rings (SSSR count). The predicted molar refractivity (Wildman–Crippen MR) is 121 cm³/mol. The first kappa shape index (κ1) is 20.4. The number of rotatable bonds is 6. The number of nitrogens with zero attached hydrogens (tertiary/aromatic N) is 3. The summed E-state index contributed by atoms with van der Waals surface area (Å²) >= 11 is 2.92. The number of aromatic nitrogens is 1. The maximum Gasteiger partial charge on any atom is 0.321 e. The average Bonchev–Trinajstić information content (AvgIpc) is 3.45. The first-order valence-corrected chi connectivity index (χ1v) is 11.5. The number of hydrogen-bond donors (Lipinski definition) is 2. The van der Waals surface area contributed by atoms with Crippen molar-refractivity contribution in [2.75, 3.05) is 36.4 Å². The number of nitrogens with one attached hydrogen (secondary N) is 2. The largest absolute Gasteiger partial charge is 0.368 e. The number of piperazine rings is 1. The third kappa shape index (κ3) is 5.37. The number of amides is 3. The van der Waals surface area contributed by atoms with Gasteiger partial charge in [0.05, 0.1) is 18.7 Å². The van der Waals surface area contributed by atoms with Crippen LogP contribution in [0.1, 0.15) is 10.6 Å². The minimum atomic E-state index is -0.298. The van der Waals surface area contributed by atoms with Crippen molar-refractivity contribution in [3.8, 4) is 0 Å². The van der Waals surface area contributed by atoms with Crippen molar-refractivity contribution >= 4 is 45.4 Å². The molecule has 0 saturated carbocycles. The Morgan fingerprint density at radius 1 is 1.00 bits per heavy atom. The molecule has 3 heterocycles. The van der Waals surface area contributed by atoms with Crippen LogP contribution in [-0.4, -0.2) is 48.0 Å². The molecule has 30 heavy (non-hydrogen) atoms. The smallest absolute Gasteiger partial charge is 0.321 e. The maximum atomic E-state index is 12.6. The predicted octanol–water partition coefficient (Wildman–Crippen LogP) is 3.42. The molecule has 0 spiro atoms. The monoisotopic (exact) mass is 441 g/mol. The van der Waals surface area contributed by atoms with Crippen molar-refractivity contribution in [3.05, 3.63) is 63.8 Å². The molecule has 156 valence electrons. The van der Waals surface area contributed by atoms with Gasteiger partial charge in [-0.25, -0.2) is 9.78 Å². The summed E-state index contributed by atoms with van der Waals surface area (Å²) in [4.78, 5) is 34.3. The lowest BCUT2D eigenvalue weighted by Gasteiger charge is -2.36. The van der Waals surface area contributed by atoms with Crippen molar-refractivity contribution < 1.29 is 9.59 Å². The topological polar surface area (TPSA) is 77.6 Å². The molecule has 2 aromatic heterocycles. The summed E-state index contributed by atoms with van der Waals surface area (Å²) in [5.41, 5.74) is 1.88. The first-order chi connectivity index (χ1) is 14.7. The number of carbonyl (C=O) groups excluding carboxylic acids is 2. The summed E-state index contributed by atoms with van der Waals surface area (Å²) in [5.74, 6) is 0.0710. The second-order valence-corrected chi connectivity index (χ2v) is 8.80. The molecular formula is C21H23N5O2S2. The molecule has 0 bridgehead atoms. The number of carbonyl (C=O) groups is 2. The van der Waals surface area contributed by atoms with Crippen LogP contribution < -0.4 is 15.5 Å². The number of benzene rings is 1.